The lowest BCUT2D eigenvalue weighted by Crippen LogP contribution is -2.58. The smallest absolute Gasteiger partial charge is 0.254 e. The number of piperidine rings is 1. The van der Waals surface area contributed by atoms with Crippen LogP contribution in [0.25, 0.3) is 28.5 Å². The van der Waals surface area contributed by atoms with Crippen molar-refractivity contribution in [3.05, 3.63) is 94.2 Å². The molecule has 3 aromatic rings. The average molecular weight is 609 g/mol. The summed E-state index contributed by atoms with van der Waals surface area (Å²) in [5.74, 6) is 1.07. The number of nitrogens with zero attached hydrogens (tertiary/aromatic N) is 1. The van der Waals surface area contributed by atoms with Crippen molar-refractivity contribution in [2.24, 2.45) is 0 Å². The molecule has 45 heavy (non-hydrogen) atoms. The summed E-state index contributed by atoms with van der Waals surface area (Å²) in [6.07, 6.45) is 10.5. The molecule has 7 rings (SSSR count). The first-order chi connectivity index (χ1) is 20.8. The molecule has 5 heteroatoms. The van der Waals surface area contributed by atoms with E-state index >= 15 is 0 Å². The third kappa shape index (κ3) is 7.36. The van der Waals surface area contributed by atoms with Gasteiger partial charge in [0.25, 0.3) is 5.91 Å². The van der Waals surface area contributed by atoms with Crippen molar-refractivity contribution in [2.75, 3.05) is 13.1 Å². The van der Waals surface area contributed by atoms with Crippen LogP contribution in [0.1, 0.15) is 106 Å². The molecule has 0 radical (unpaired) electrons. The van der Waals surface area contributed by atoms with Crippen molar-refractivity contribution < 1.29 is 14.3 Å². The van der Waals surface area contributed by atoms with Gasteiger partial charge in [-0.15, -0.1) is 0 Å². The van der Waals surface area contributed by atoms with Crippen LogP contribution in [0.4, 0.5) is 0 Å². The Labute approximate surface area is 271 Å². The second-order valence-corrected chi connectivity index (χ2v) is 12.4. The molecule has 2 unspecified atom stereocenters. The van der Waals surface area contributed by atoms with Gasteiger partial charge in [-0.1, -0.05) is 78.0 Å². The minimum atomic E-state index is 0. The molecule has 4 aliphatic rings. The standard InChI is InChI=1S/C38H44N2O3.2CH4/c1-6-9-30(10-7-2)43-37-16-14-28(19-35(37)36-21-39-36)34-12-8-11-27(26(34)5)17-24(3)33-15-13-29(18-25(33)4)38(41)40-22-31-20-32(23-40)42-31;;/h8,11-19,21,30-32,39H,6-7,9-10,20,22-23H2,1-5H3;2*1H4/b24-17+;;. The maximum Gasteiger partial charge on any atom is 0.254 e. The highest BCUT2D eigenvalue weighted by molar-refractivity contribution is 5.95. The van der Waals surface area contributed by atoms with E-state index in [1.54, 1.807) is 0 Å². The largest absolute Gasteiger partial charge is 0.490 e. The van der Waals surface area contributed by atoms with E-state index in [9.17, 15) is 4.79 Å². The molecule has 1 amide bonds. The molecular formula is C40H52N2O3. The summed E-state index contributed by atoms with van der Waals surface area (Å²) < 4.78 is 12.2. The van der Waals surface area contributed by atoms with Crippen molar-refractivity contribution in [2.45, 2.75) is 99.9 Å². The van der Waals surface area contributed by atoms with Crippen LogP contribution in [0.15, 0.2) is 60.8 Å². The van der Waals surface area contributed by atoms with Gasteiger partial charge in [0.2, 0.25) is 0 Å². The molecule has 240 valence electrons. The maximum absolute atomic E-state index is 13.1. The molecule has 0 aromatic heterocycles. The zero-order valence-electron chi connectivity index (χ0n) is 26.2. The average Bonchev–Trinajstić information content (AvgIpc) is 3.84. The molecule has 4 aliphatic heterocycles. The number of rotatable bonds is 11. The number of carbonyl (C=O) groups is 1. The Morgan fingerprint density at radius 2 is 1.69 bits per heavy atom. The SMILES string of the molecule is C.C.CCCC(CCC)Oc1ccc(-c2cccc(/C=C(\C)c3ccc(C(=O)N4CC5CC(C4)O5)cc3C)c2C)cc1C1=CN1. The first-order valence-electron chi connectivity index (χ1n) is 16.0. The van der Waals surface area contributed by atoms with E-state index in [0.29, 0.717) is 13.1 Å². The van der Waals surface area contributed by atoms with Gasteiger partial charge in [-0.3, -0.25) is 4.79 Å². The number of fused-ring (bicyclic) bond motifs is 2. The number of ether oxygens (including phenoxy) is 2. The molecule has 0 saturated carbocycles. The fraction of sp³-hybridized carbons (Fsp3) is 0.425. The van der Waals surface area contributed by atoms with Gasteiger partial charge in [-0.05, 0) is 96.8 Å². The molecule has 3 aromatic carbocycles. The summed E-state index contributed by atoms with van der Waals surface area (Å²) >= 11 is 0. The quantitative estimate of drug-likeness (QED) is 0.220. The molecule has 5 nitrogen and oxygen atoms in total. The number of morpholine rings is 1. The predicted octanol–water partition coefficient (Wildman–Crippen LogP) is 9.67. The molecule has 0 aliphatic carbocycles. The monoisotopic (exact) mass is 608 g/mol. The van der Waals surface area contributed by atoms with Gasteiger partial charge < -0.3 is 19.7 Å². The van der Waals surface area contributed by atoms with Gasteiger partial charge >= 0.3 is 0 Å². The topological polar surface area (TPSA) is 60.7 Å². The van der Waals surface area contributed by atoms with Crippen LogP contribution in [0.2, 0.25) is 0 Å². The molecule has 1 N–H and O–H groups in total. The van der Waals surface area contributed by atoms with Gasteiger partial charge in [0.05, 0.1) is 24.0 Å². The van der Waals surface area contributed by atoms with E-state index in [1.165, 1.54) is 27.8 Å². The van der Waals surface area contributed by atoms with Crippen LogP contribution in [0.5, 0.6) is 5.75 Å². The van der Waals surface area contributed by atoms with Crippen LogP contribution >= 0.6 is 0 Å². The first-order valence-corrected chi connectivity index (χ1v) is 16.0. The Morgan fingerprint density at radius 1 is 1.00 bits per heavy atom. The minimum Gasteiger partial charge on any atom is -0.490 e. The van der Waals surface area contributed by atoms with Crippen LogP contribution in [-0.4, -0.2) is 42.2 Å². The van der Waals surface area contributed by atoms with Gasteiger partial charge in [0.1, 0.15) is 5.75 Å². The molecule has 4 heterocycles. The Bertz CT molecular complexity index is 1560. The second-order valence-electron chi connectivity index (χ2n) is 12.4. The summed E-state index contributed by atoms with van der Waals surface area (Å²) in [5.41, 5.74) is 11.3. The zero-order valence-corrected chi connectivity index (χ0v) is 26.2. The van der Waals surface area contributed by atoms with Gasteiger partial charge in [0, 0.05) is 36.8 Å². The Hall–Kier alpha value is -3.83. The summed E-state index contributed by atoms with van der Waals surface area (Å²) in [4.78, 5) is 15.1. The fourth-order valence-corrected chi connectivity index (χ4v) is 6.66. The predicted molar refractivity (Wildman–Crippen MR) is 189 cm³/mol. The summed E-state index contributed by atoms with van der Waals surface area (Å²) in [6, 6.07) is 19.2. The number of hydrogen-bond donors (Lipinski definition) is 1. The second kappa shape index (κ2) is 14.5. The molecule has 2 bridgehead atoms. The van der Waals surface area contributed by atoms with Crippen LogP contribution < -0.4 is 10.1 Å². The van der Waals surface area contributed by atoms with E-state index < -0.39 is 0 Å². The lowest BCUT2D eigenvalue weighted by atomic mass is 9.92. The number of aryl methyl sites for hydroxylation is 1. The first kappa shape index (κ1) is 34.1. The van der Waals surface area contributed by atoms with Gasteiger partial charge in [-0.2, -0.15) is 0 Å². The Morgan fingerprint density at radius 3 is 2.31 bits per heavy atom. The highest BCUT2D eigenvalue weighted by atomic mass is 16.5. The highest BCUT2D eigenvalue weighted by Crippen LogP contribution is 2.37. The van der Waals surface area contributed by atoms with Crippen LogP contribution in [0, 0.1) is 13.8 Å². The third-order valence-electron chi connectivity index (χ3n) is 9.08. The number of hydrogen-bond acceptors (Lipinski definition) is 4. The lowest BCUT2D eigenvalue weighted by Gasteiger charge is -2.47. The van der Waals surface area contributed by atoms with E-state index in [4.69, 9.17) is 9.47 Å². The van der Waals surface area contributed by atoms with Crippen molar-refractivity contribution >= 4 is 23.3 Å². The van der Waals surface area contributed by atoms with Crippen LogP contribution in [0.3, 0.4) is 0 Å². The van der Waals surface area contributed by atoms with Crippen LogP contribution in [-0.2, 0) is 4.74 Å². The van der Waals surface area contributed by atoms with E-state index in [0.717, 1.165) is 65.8 Å². The molecule has 3 saturated heterocycles. The lowest BCUT2D eigenvalue weighted by molar-refractivity contribution is -0.171. The number of allylic oxidation sites excluding steroid dienone is 1. The zero-order chi connectivity index (χ0) is 30.1. The molecular weight excluding hydrogens is 556 g/mol. The number of amides is 1. The van der Waals surface area contributed by atoms with Crippen molar-refractivity contribution in [3.8, 4) is 16.9 Å². The van der Waals surface area contributed by atoms with E-state index in [1.807, 2.05) is 23.2 Å². The van der Waals surface area contributed by atoms with Crippen molar-refractivity contribution in [1.29, 1.82) is 0 Å². The molecule has 3 fully saturated rings. The number of benzene rings is 3. The van der Waals surface area contributed by atoms with E-state index in [2.05, 4.69) is 88.5 Å². The fourth-order valence-electron chi connectivity index (χ4n) is 6.66. The van der Waals surface area contributed by atoms with Crippen molar-refractivity contribution in [1.82, 2.24) is 10.2 Å². The van der Waals surface area contributed by atoms with Gasteiger partial charge in [-0.25, -0.2) is 0 Å². The Balaban J connectivity index is 0.00000230. The summed E-state index contributed by atoms with van der Waals surface area (Å²) in [7, 11) is 0. The third-order valence-corrected chi connectivity index (χ3v) is 9.08. The number of nitrogens with one attached hydrogen (secondary N) is 1. The summed E-state index contributed by atoms with van der Waals surface area (Å²) in [6.45, 7) is 12.3. The number of carbonyl (C=O) groups excluding carboxylic acids is 1. The molecule has 0 spiro atoms. The van der Waals surface area contributed by atoms with E-state index in [-0.39, 0.29) is 39.1 Å². The highest BCUT2D eigenvalue weighted by Gasteiger charge is 2.40. The van der Waals surface area contributed by atoms with Gasteiger partial charge in [0.15, 0.2) is 0 Å². The summed E-state index contributed by atoms with van der Waals surface area (Å²) in [5, 5.41) is 3.29. The maximum atomic E-state index is 13.1. The normalized spacial score (nSPS) is 18.2. The Kier molecular flexibility index (Phi) is 11.0. The molecule has 2 atom stereocenters. The minimum absolute atomic E-state index is 0. The van der Waals surface area contributed by atoms with Crippen molar-refractivity contribution in [3.63, 3.8) is 0 Å².